The number of hydrogen-bond donors (Lipinski definition) is 0. The van der Waals surface area contributed by atoms with Gasteiger partial charge in [0.05, 0.1) is 12.4 Å². The fourth-order valence-corrected chi connectivity index (χ4v) is 1.03. The van der Waals surface area contributed by atoms with Crippen LogP contribution < -0.4 is 0 Å². The monoisotopic (exact) mass is 224 g/mol. The average Bonchev–Trinajstić information content (AvgIpc) is 2.58. The molecule has 0 fully saturated rings. The first kappa shape index (κ1) is 7.42. The number of rotatable bonds is 1. The van der Waals surface area contributed by atoms with E-state index in [1.165, 1.54) is 0 Å². The Morgan fingerprint density at radius 3 is 2.75 bits per heavy atom. The van der Waals surface area contributed by atoms with Crippen molar-refractivity contribution >= 4 is 15.9 Å². The van der Waals surface area contributed by atoms with Crippen molar-refractivity contribution in [2.75, 3.05) is 0 Å². The molecule has 0 radical (unpaired) electrons. The number of halogens is 1. The van der Waals surface area contributed by atoms with E-state index in [0.29, 0.717) is 5.82 Å². The molecule has 2 aromatic rings. The zero-order valence-electron chi connectivity index (χ0n) is 6.05. The molecule has 2 rings (SSSR count). The Morgan fingerprint density at radius 1 is 1.25 bits per heavy atom. The highest BCUT2D eigenvalue weighted by Crippen LogP contribution is 2.05. The maximum absolute atomic E-state index is 4.11. The molecule has 0 aromatic carbocycles. The van der Waals surface area contributed by atoms with Crippen LogP contribution in [0.2, 0.25) is 0 Å². The highest BCUT2D eigenvalue weighted by molar-refractivity contribution is 9.10. The summed E-state index contributed by atoms with van der Waals surface area (Å²) in [4.78, 5) is 8.14. The van der Waals surface area contributed by atoms with E-state index in [4.69, 9.17) is 0 Å². The molecule has 12 heavy (non-hydrogen) atoms. The second kappa shape index (κ2) is 3.02. The molecule has 0 N–H and O–H groups in total. The fourth-order valence-electron chi connectivity index (χ4n) is 0.828. The van der Waals surface area contributed by atoms with E-state index in [1.807, 2.05) is 12.3 Å². The molecule has 0 atom stereocenters. The Kier molecular flexibility index (Phi) is 1.87. The van der Waals surface area contributed by atoms with Gasteiger partial charge in [-0.05, 0) is 22.0 Å². The van der Waals surface area contributed by atoms with Crippen molar-refractivity contribution < 1.29 is 0 Å². The molecule has 2 aromatic heterocycles. The van der Waals surface area contributed by atoms with Gasteiger partial charge in [0, 0.05) is 12.4 Å². The van der Waals surface area contributed by atoms with Gasteiger partial charge in [-0.25, -0.2) is 14.6 Å². The third kappa shape index (κ3) is 1.35. The van der Waals surface area contributed by atoms with Crippen LogP contribution in [0.15, 0.2) is 35.5 Å². The number of hydrogen-bond acceptors (Lipinski definition) is 3. The Morgan fingerprint density at radius 2 is 2.17 bits per heavy atom. The van der Waals surface area contributed by atoms with Gasteiger partial charge in [-0.2, -0.15) is 5.10 Å². The van der Waals surface area contributed by atoms with Crippen LogP contribution in [-0.4, -0.2) is 19.7 Å². The summed E-state index contributed by atoms with van der Waals surface area (Å²) in [6.45, 7) is 0. The zero-order chi connectivity index (χ0) is 8.39. The van der Waals surface area contributed by atoms with Gasteiger partial charge in [-0.1, -0.05) is 0 Å². The highest BCUT2D eigenvalue weighted by Gasteiger charge is 1.96. The van der Waals surface area contributed by atoms with Crippen molar-refractivity contribution in [1.29, 1.82) is 0 Å². The first-order valence-corrected chi connectivity index (χ1v) is 4.13. The van der Waals surface area contributed by atoms with Crippen molar-refractivity contribution in [1.82, 2.24) is 19.7 Å². The molecule has 0 aliphatic rings. The van der Waals surface area contributed by atoms with Crippen molar-refractivity contribution in [2.24, 2.45) is 0 Å². The SMILES string of the molecule is Brc1cnc(-n2cccn2)cn1. The van der Waals surface area contributed by atoms with E-state index in [9.17, 15) is 0 Å². The van der Waals surface area contributed by atoms with Crippen LogP contribution in [0.3, 0.4) is 0 Å². The Labute approximate surface area is 77.4 Å². The summed E-state index contributed by atoms with van der Waals surface area (Å²) < 4.78 is 2.37. The van der Waals surface area contributed by atoms with Gasteiger partial charge in [0.2, 0.25) is 0 Å². The van der Waals surface area contributed by atoms with Gasteiger partial charge >= 0.3 is 0 Å². The van der Waals surface area contributed by atoms with Crippen LogP contribution in [0.25, 0.3) is 5.82 Å². The Balaban J connectivity index is 2.43. The molecule has 0 spiro atoms. The predicted octanol–water partition coefficient (Wildman–Crippen LogP) is 1.42. The van der Waals surface area contributed by atoms with E-state index in [0.717, 1.165) is 4.60 Å². The lowest BCUT2D eigenvalue weighted by Gasteiger charge is -1.97. The van der Waals surface area contributed by atoms with Crippen LogP contribution in [-0.2, 0) is 0 Å². The molecule has 0 saturated carbocycles. The molecule has 0 saturated heterocycles. The fraction of sp³-hybridized carbons (Fsp3) is 0. The quantitative estimate of drug-likeness (QED) is 0.737. The number of aromatic nitrogens is 4. The molecule has 0 aliphatic carbocycles. The third-order valence-corrected chi connectivity index (χ3v) is 1.76. The molecule has 5 heteroatoms. The minimum atomic E-state index is 0.711. The van der Waals surface area contributed by atoms with Crippen LogP contribution in [0.4, 0.5) is 0 Å². The van der Waals surface area contributed by atoms with Gasteiger partial charge in [0.1, 0.15) is 4.60 Å². The predicted molar refractivity (Wildman–Crippen MR) is 46.9 cm³/mol. The summed E-state index contributed by atoms with van der Waals surface area (Å²) in [5.41, 5.74) is 0. The van der Waals surface area contributed by atoms with E-state index < -0.39 is 0 Å². The average molecular weight is 225 g/mol. The first-order chi connectivity index (χ1) is 5.86. The lowest BCUT2D eigenvalue weighted by molar-refractivity contribution is 0.835. The van der Waals surface area contributed by atoms with Crippen molar-refractivity contribution in [3.63, 3.8) is 0 Å². The molecule has 0 unspecified atom stereocenters. The molecule has 0 bridgehead atoms. The standard InChI is InChI=1S/C7H5BrN4/c8-6-4-10-7(5-9-6)12-3-1-2-11-12/h1-5H. The van der Waals surface area contributed by atoms with E-state index in [-0.39, 0.29) is 0 Å². The van der Waals surface area contributed by atoms with Gasteiger partial charge in [0.25, 0.3) is 0 Å². The summed E-state index contributed by atoms with van der Waals surface area (Å²) in [7, 11) is 0. The second-order valence-corrected chi connectivity index (χ2v) is 2.96. The normalized spacial score (nSPS) is 10.1. The zero-order valence-corrected chi connectivity index (χ0v) is 7.64. The molecule has 4 nitrogen and oxygen atoms in total. The summed E-state index contributed by atoms with van der Waals surface area (Å²) in [5, 5.41) is 4.02. The lowest BCUT2D eigenvalue weighted by atomic mass is 10.6. The van der Waals surface area contributed by atoms with Crippen molar-refractivity contribution in [3.8, 4) is 5.82 Å². The minimum absolute atomic E-state index is 0.711. The summed E-state index contributed by atoms with van der Waals surface area (Å²) >= 11 is 3.21. The molecular formula is C7H5BrN4. The molecule has 2 heterocycles. The van der Waals surface area contributed by atoms with Crippen molar-refractivity contribution in [3.05, 3.63) is 35.5 Å². The van der Waals surface area contributed by atoms with Gasteiger partial charge in [-0.3, -0.25) is 0 Å². The van der Waals surface area contributed by atoms with Gasteiger partial charge in [-0.15, -0.1) is 0 Å². The number of nitrogens with zero attached hydrogens (tertiary/aromatic N) is 4. The minimum Gasteiger partial charge on any atom is -0.244 e. The summed E-state index contributed by atoms with van der Waals surface area (Å²) in [6.07, 6.45) is 6.80. The molecule has 0 aliphatic heterocycles. The van der Waals surface area contributed by atoms with Crippen LogP contribution in [0, 0.1) is 0 Å². The van der Waals surface area contributed by atoms with Crippen molar-refractivity contribution in [2.45, 2.75) is 0 Å². The highest BCUT2D eigenvalue weighted by atomic mass is 79.9. The summed E-state index contributed by atoms with van der Waals surface area (Å²) in [5.74, 6) is 0.711. The lowest BCUT2D eigenvalue weighted by Crippen LogP contribution is -1.97. The second-order valence-electron chi connectivity index (χ2n) is 2.15. The van der Waals surface area contributed by atoms with Crippen LogP contribution in [0.5, 0.6) is 0 Å². The maximum Gasteiger partial charge on any atom is 0.171 e. The Hall–Kier alpha value is -1.23. The molecular weight excluding hydrogens is 220 g/mol. The Bertz CT molecular complexity index is 353. The maximum atomic E-state index is 4.11. The van der Waals surface area contributed by atoms with E-state index >= 15 is 0 Å². The smallest absolute Gasteiger partial charge is 0.171 e. The van der Waals surface area contributed by atoms with E-state index in [1.54, 1.807) is 23.3 Å². The van der Waals surface area contributed by atoms with E-state index in [2.05, 4.69) is 31.0 Å². The largest absolute Gasteiger partial charge is 0.244 e. The summed E-state index contributed by atoms with van der Waals surface area (Å²) in [6, 6.07) is 1.84. The van der Waals surface area contributed by atoms with Crippen LogP contribution in [0.1, 0.15) is 0 Å². The van der Waals surface area contributed by atoms with Gasteiger partial charge < -0.3 is 0 Å². The van der Waals surface area contributed by atoms with Crippen LogP contribution >= 0.6 is 15.9 Å². The topological polar surface area (TPSA) is 43.6 Å². The van der Waals surface area contributed by atoms with Gasteiger partial charge in [0.15, 0.2) is 5.82 Å². The first-order valence-electron chi connectivity index (χ1n) is 3.34. The third-order valence-electron chi connectivity index (χ3n) is 1.35. The molecule has 60 valence electrons. The molecule has 0 amide bonds.